The number of aryl methyl sites for hydroxylation is 2. The van der Waals surface area contributed by atoms with Crippen LogP contribution in [-0.4, -0.2) is 25.1 Å². The Morgan fingerprint density at radius 2 is 1.81 bits per heavy atom. The van der Waals surface area contributed by atoms with Crippen molar-refractivity contribution < 1.29 is 4.52 Å². The minimum absolute atomic E-state index is 0.340. The summed E-state index contributed by atoms with van der Waals surface area (Å²) in [4.78, 5) is 4.50. The molecule has 0 radical (unpaired) electrons. The van der Waals surface area contributed by atoms with Crippen molar-refractivity contribution in [2.24, 2.45) is 0 Å². The monoisotopic (exact) mass is 365 g/mol. The van der Waals surface area contributed by atoms with E-state index in [-0.39, 0.29) is 0 Å². The van der Waals surface area contributed by atoms with E-state index in [1.807, 2.05) is 63.2 Å². The first-order chi connectivity index (χ1) is 12.5. The number of hydrogen-bond donors (Lipinski definition) is 0. The minimum atomic E-state index is 0.340. The number of nitrogens with zero attached hydrogens (tertiary/aromatic N) is 5. The lowest BCUT2D eigenvalue weighted by Gasteiger charge is -2.07. The largest absolute Gasteiger partial charge is 0.332 e. The highest BCUT2D eigenvalue weighted by Gasteiger charge is 2.20. The van der Waals surface area contributed by atoms with Crippen LogP contribution in [0.25, 0.3) is 28.7 Å². The van der Waals surface area contributed by atoms with Crippen molar-refractivity contribution in [1.82, 2.24) is 25.1 Å². The Hall–Kier alpha value is -2.99. The van der Waals surface area contributed by atoms with E-state index in [2.05, 4.69) is 20.5 Å². The first kappa shape index (κ1) is 16.5. The summed E-state index contributed by atoms with van der Waals surface area (Å²) < 4.78 is 7.17. The second-order valence-corrected chi connectivity index (χ2v) is 6.54. The summed E-state index contributed by atoms with van der Waals surface area (Å²) in [7, 11) is 0. The molecular weight excluding hydrogens is 350 g/mol. The van der Waals surface area contributed by atoms with Gasteiger partial charge < -0.3 is 4.52 Å². The van der Waals surface area contributed by atoms with Gasteiger partial charge in [-0.3, -0.25) is 0 Å². The third-order valence-corrected chi connectivity index (χ3v) is 4.54. The topological polar surface area (TPSA) is 69.6 Å². The van der Waals surface area contributed by atoms with Crippen LogP contribution in [0.1, 0.15) is 16.8 Å². The summed E-state index contributed by atoms with van der Waals surface area (Å²) in [5, 5.41) is 13.2. The Morgan fingerprint density at radius 1 is 1.00 bits per heavy atom. The summed E-state index contributed by atoms with van der Waals surface area (Å²) in [5.74, 6) is 0.873. The number of halogens is 1. The number of rotatable bonds is 3. The van der Waals surface area contributed by atoms with E-state index in [1.54, 1.807) is 4.68 Å². The lowest BCUT2D eigenvalue weighted by molar-refractivity contribution is 0.430. The molecule has 0 saturated heterocycles. The van der Waals surface area contributed by atoms with Crippen molar-refractivity contribution in [2.75, 3.05) is 0 Å². The average molecular weight is 366 g/mol. The highest BCUT2D eigenvalue weighted by atomic mass is 35.5. The van der Waals surface area contributed by atoms with Gasteiger partial charge in [-0.2, -0.15) is 4.98 Å². The van der Waals surface area contributed by atoms with Crippen LogP contribution >= 0.6 is 11.6 Å². The molecule has 0 N–H and O–H groups in total. The third kappa shape index (κ3) is 2.78. The summed E-state index contributed by atoms with van der Waals surface area (Å²) in [6.07, 6.45) is 0. The summed E-state index contributed by atoms with van der Waals surface area (Å²) >= 11 is 6.13. The van der Waals surface area contributed by atoms with Gasteiger partial charge in [0, 0.05) is 10.6 Å². The molecule has 0 spiro atoms. The molecule has 0 saturated carbocycles. The van der Waals surface area contributed by atoms with Crippen LogP contribution < -0.4 is 0 Å². The molecule has 26 heavy (non-hydrogen) atoms. The summed E-state index contributed by atoms with van der Waals surface area (Å²) in [6.45, 7) is 5.91. The van der Waals surface area contributed by atoms with Crippen LogP contribution in [0.5, 0.6) is 0 Å². The molecule has 2 aromatic carbocycles. The van der Waals surface area contributed by atoms with Crippen molar-refractivity contribution in [3.8, 4) is 28.7 Å². The van der Waals surface area contributed by atoms with Gasteiger partial charge in [0.2, 0.25) is 5.82 Å². The number of benzene rings is 2. The molecule has 0 aliphatic heterocycles. The maximum Gasteiger partial charge on any atom is 0.280 e. The van der Waals surface area contributed by atoms with Crippen LogP contribution in [0.4, 0.5) is 0 Å². The molecule has 130 valence electrons. The second-order valence-electron chi connectivity index (χ2n) is 6.10. The van der Waals surface area contributed by atoms with Gasteiger partial charge in [-0.1, -0.05) is 52.3 Å². The van der Waals surface area contributed by atoms with E-state index < -0.39 is 0 Å². The zero-order valence-electron chi connectivity index (χ0n) is 14.6. The van der Waals surface area contributed by atoms with Crippen molar-refractivity contribution in [3.05, 3.63) is 64.3 Å². The fraction of sp³-hybridized carbons (Fsp3) is 0.158. The van der Waals surface area contributed by atoms with Crippen LogP contribution in [0, 0.1) is 20.8 Å². The van der Waals surface area contributed by atoms with Gasteiger partial charge in [-0.15, -0.1) is 5.10 Å². The molecule has 0 fully saturated rings. The molecule has 0 aliphatic carbocycles. The third-order valence-electron chi connectivity index (χ3n) is 4.31. The van der Waals surface area contributed by atoms with Gasteiger partial charge in [0.25, 0.3) is 5.89 Å². The Bertz CT molecular complexity index is 1100. The van der Waals surface area contributed by atoms with Crippen LogP contribution in [0.15, 0.2) is 47.0 Å². The molecule has 2 aromatic heterocycles. The molecule has 0 amide bonds. The van der Waals surface area contributed by atoms with Crippen LogP contribution in [0.2, 0.25) is 5.02 Å². The van der Waals surface area contributed by atoms with E-state index in [0.29, 0.717) is 22.4 Å². The van der Waals surface area contributed by atoms with Gasteiger partial charge in [-0.25, -0.2) is 4.68 Å². The quantitative estimate of drug-likeness (QED) is 0.532. The van der Waals surface area contributed by atoms with Gasteiger partial charge in [-0.05, 0) is 44.0 Å². The highest BCUT2D eigenvalue weighted by molar-refractivity contribution is 6.30. The molecule has 0 bridgehead atoms. The number of hydrogen-bond acceptors (Lipinski definition) is 5. The standard InChI is InChI=1S/C19H16ClN5O/c1-11-6-4-5-7-15(11)18-21-19(26-23-18)17-13(3)25(24-22-17)16-10-14(20)9-8-12(16)2/h4-10H,1-3H3. The van der Waals surface area contributed by atoms with Crippen molar-refractivity contribution >= 4 is 11.6 Å². The molecule has 2 heterocycles. The lowest BCUT2D eigenvalue weighted by atomic mass is 10.1. The van der Waals surface area contributed by atoms with Crippen molar-refractivity contribution in [3.63, 3.8) is 0 Å². The second kappa shape index (κ2) is 6.38. The maximum atomic E-state index is 6.13. The fourth-order valence-corrected chi connectivity index (χ4v) is 2.99. The Morgan fingerprint density at radius 3 is 2.62 bits per heavy atom. The zero-order chi connectivity index (χ0) is 18.3. The first-order valence-electron chi connectivity index (χ1n) is 8.13. The average Bonchev–Trinajstić information content (AvgIpc) is 3.24. The van der Waals surface area contributed by atoms with E-state index in [9.17, 15) is 0 Å². The van der Waals surface area contributed by atoms with E-state index in [0.717, 1.165) is 28.1 Å². The normalized spacial score (nSPS) is 11.1. The maximum absolute atomic E-state index is 6.13. The van der Waals surface area contributed by atoms with E-state index in [1.165, 1.54) is 0 Å². The molecule has 4 rings (SSSR count). The molecule has 0 atom stereocenters. The predicted octanol–water partition coefficient (Wildman–Crippen LogP) is 4.56. The predicted molar refractivity (Wildman–Crippen MR) is 99.3 cm³/mol. The smallest absolute Gasteiger partial charge is 0.280 e. The van der Waals surface area contributed by atoms with Gasteiger partial charge in [0.1, 0.15) is 0 Å². The molecule has 0 aliphatic rings. The Labute approximate surface area is 155 Å². The molecule has 0 unspecified atom stereocenters. The number of aromatic nitrogens is 5. The molecule has 6 nitrogen and oxygen atoms in total. The molecule has 4 aromatic rings. The summed E-state index contributed by atoms with van der Waals surface area (Å²) in [6, 6.07) is 13.5. The van der Waals surface area contributed by atoms with Gasteiger partial charge in [0.15, 0.2) is 5.69 Å². The van der Waals surface area contributed by atoms with Crippen molar-refractivity contribution in [1.29, 1.82) is 0 Å². The van der Waals surface area contributed by atoms with E-state index >= 15 is 0 Å². The molecule has 7 heteroatoms. The zero-order valence-corrected chi connectivity index (χ0v) is 15.3. The van der Waals surface area contributed by atoms with E-state index in [4.69, 9.17) is 16.1 Å². The van der Waals surface area contributed by atoms with Crippen LogP contribution in [0.3, 0.4) is 0 Å². The SMILES string of the molecule is Cc1ccccc1-c1noc(-c2nnn(-c3cc(Cl)ccc3C)c2C)n1. The highest BCUT2D eigenvalue weighted by Crippen LogP contribution is 2.27. The first-order valence-corrected chi connectivity index (χ1v) is 8.51. The van der Waals surface area contributed by atoms with Crippen molar-refractivity contribution in [2.45, 2.75) is 20.8 Å². The minimum Gasteiger partial charge on any atom is -0.332 e. The molecular formula is C19H16ClN5O. The van der Waals surface area contributed by atoms with Crippen LogP contribution in [-0.2, 0) is 0 Å². The van der Waals surface area contributed by atoms with Gasteiger partial charge >= 0.3 is 0 Å². The summed E-state index contributed by atoms with van der Waals surface area (Å²) in [5.41, 5.74) is 5.27. The van der Waals surface area contributed by atoms with Gasteiger partial charge in [0.05, 0.1) is 11.4 Å². The fourth-order valence-electron chi connectivity index (χ4n) is 2.82. The Kier molecular flexibility index (Phi) is 4.05. The Balaban J connectivity index is 1.76. The lowest BCUT2D eigenvalue weighted by Crippen LogP contribution is -2.01.